The van der Waals surface area contributed by atoms with Crippen LogP contribution in [0.25, 0.3) is 0 Å². The van der Waals surface area contributed by atoms with Gasteiger partial charge in [0.2, 0.25) is 0 Å². The minimum atomic E-state index is -0.448. The molecule has 3 rings (SSSR count). The molecule has 0 spiro atoms. The van der Waals surface area contributed by atoms with Gasteiger partial charge in [-0.2, -0.15) is 0 Å². The van der Waals surface area contributed by atoms with Crippen LogP contribution in [0.5, 0.6) is 11.5 Å². The number of anilines is 1. The first-order chi connectivity index (χ1) is 10.2. The third kappa shape index (κ3) is 2.76. The van der Waals surface area contributed by atoms with Crippen LogP contribution >= 0.6 is 0 Å². The fourth-order valence-electron chi connectivity index (χ4n) is 2.08. The molecule has 1 aliphatic heterocycles. The molecule has 0 saturated heterocycles. The molecule has 5 nitrogen and oxygen atoms in total. The lowest BCUT2D eigenvalue weighted by atomic mass is 10.1. The summed E-state index contributed by atoms with van der Waals surface area (Å²) in [6.07, 6.45) is -0.448. The smallest absolute Gasteiger partial charge is 0.318 e. The third-order valence-electron chi connectivity index (χ3n) is 3.25. The molecule has 1 aliphatic rings. The second-order valence-electron chi connectivity index (χ2n) is 4.84. The van der Waals surface area contributed by atoms with Gasteiger partial charge in [-0.3, -0.25) is 0 Å². The van der Waals surface area contributed by atoms with Gasteiger partial charge in [0.25, 0.3) is 6.29 Å². The van der Waals surface area contributed by atoms with Gasteiger partial charge in [0.05, 0.1) is 0 Å². The molecule has 108 valence electrons. The number of nitrogens with one attached hydrogen (secondary N) is 2. The van der Waals surface area contributed by atoms with Crippen LogP contribution in [-0.4, -0.2) is 13.1 Å². The summed E-state index contributed by atoms with van der Waals surface area (Å²) in [6, 6.07) is 13.0. The number of carbonyl (C=O) groups excluding carboxylic acids is 1. The van der Waals surface area contributed by atoms with E-state index in [1.807, 2.05) is 31.2 Å². The Morgan fingerprint density at radius 1 is 1.05 bits per heavy atom. The largest absolute Gasteiger partial charge is 0.447 e. The molecule has 0 radical (unpaired) electrons. The average molecular weight is 284 g/mol. The van der Waals surface area contributed by atoms with E-state index in [2.05, 4.69) is 10.6 Å². The van der Waals surface area contributed by atoms with E-state index in [9.17, 15) is 4.79 Å². The van der Waals surface area contributed by atoms with Gasteiger partial charge in [-0.15, -0.1) is 0 Å². The van der Waals surface area contributed by atoms with Gasteiger partial charge in [0.15, 0.2) is 11.5 Å². The van der Waals surface area contributed by atoms with Crippen LogP contribution in [0.2, 0.25) is 0 Å². The zero-order chi connectivity index (χ0) is 14.8. The first-order valence-electron chi connectivity index (χ1n) is 6.68. The zero-order valence-electron chi connectivity index (χ0n) is 11.8. The highest BCUT2D eigenvalue weighted by molar-refractivity contribution is 5.89. The Labute approximate surface area is 122 Å². The van der Waals surface area contributed by atoms with Crippen molar-refractivity contribution in [2.45, 2.75) is 13.2 Å². The molecule has 2 aromatic carbocycles. The average Bonchev–Trinajstić information content (AvgIpc) is 2.91. The number of rotatable bonds is 2. The summed E-state index contributed by atoms with van der Waals surface area (Å²) >= 11 is 0. The molecule has 2 amide bonds. The molecule has 2 N–H and O–H groups in total. The maximum Gasteiger partial charge on any atom is 0.318 e. The van der Waals surface area contributed by atoms with Crippen LogP contribution in [0.4, 0.5) is 10.5 Å². The number of hydrogen-bond donors (Lipinski definition) is 2. The minimum Gasteiger partial charge on any atom is -0.447 e. The van der Waals surface area contributed by atoms with E-state index in [0.717, 1.165) is 5.56 Å². The minimum absolute atomic E-state index is 0.274. The second-order valence-corrected chi connectivity index (χ2v) is 4.84. The maximum atomic E-state index is 11.3. The highest BCUT2D eigenvalue weighted by Crippen LogP contribution is 2.41. The van der Waals surface area contributed by atoms with Crippen molar-refractivity contribution in [3.05, 3.63) is 53.6 Å². The van der Waals surface area contributed by atoms with Crippen molar-refractivity contribution >= 4 is 11.7 Å². The van der Waals surface area contributed by atoms with E-state index >= 15 is 0 Å². The Morgan fingerprint density at radius 3 is 2.48 bits per heavy atom. The Morgan fingerprint density at radius 2 is 1.76 bits per heavy atom. The maximum absolute atomic E-state index is 11.3. The molecular formula is C16H16N2O3. The summed E-state index contributed by atoms with van der Waals surface area (Å²) in [5.74, 6) is 1.29. The zero-order valence-corrected chi connectivity index (χ0v) is 11.8. The summed E-state index contributed by atoms with van der Waals surface area (Å²) in [5.41, 5.74) is 2.80. The molecule has 1 atom stereocenters. The molecule has 0 bridgehead atoms. The van der Waals surface area contributed by atoms with Crippen molar-refractivity contribution in [1.29, 1.82) is 0 Å². The van der Waals surface area contributed by atoms with Crippen molar-refractivity contribution < 1.29 is 14.3 Å². The summed E-state index contributed by atoms with van der Waals surface area (Å²) in [5, 5.41) is 5.20. The highest BCUT2D eigenvalue weighted by atomic mass is 16.7. The monoisotopic (exact) mass is 284 g/mol. The Balaban J connectivity index is 1.77. The number of fused-ring (bicyclic) bond motifs is 1. The number of amides is 2. The first-order valence-corrected chi connectivity index (χ1v) is 6.68. The molecule has 0 aromatic heterocycles. The van der Waals surface area contributed by atoms with Crippen LogP contribution in [0.15, 0.2) is 42.5 Å². The number of ether oxygens (including phenoxy) is 2. The SMILES string of the molecule is CNC(=O)Nc1ccc2c(c1)OC(c1ccc(C)cc1)O2. The van der Waals surface area contributed by atoms with Crippen LogP contribution in [0.3, 0.4) is 0 Å². The highest BCUT2D eigenvalue weighted by Gasteiger charge is 2.26. The molecule has 1 heterocycles. The molecule has 21 heavy (non-hydrogen) atoms. The second kappa shape index (κ2) is 5.36. The van der Waals surface area contributed by atoms with Crippen molar-refractivity contribution in [2.75, 3.05) is 12.4 Å². The van der Waals surface area contributed by atoms with Crippen molar-refractivity contribution in [3.63, 3.8) is 0 Å². The van der Waals surface area contributed by atoms with Crippen LogP contribution in [0.1, 0.15) is 17.4 Å². The van der Waals surface area contributed by atoms with Crippen LogP contribution in [0, 0.1) is 6.92 Å². The van der Waals surface area contributed by atoms with Gasteiger partial charge in [0.1, 0.15) is 0 Å². The lowest BCUT2D eigenvalue weighted by Crippen LogP contribution is -2.24. The van der Waals surface area contributed by atoms with Gasteiger partial charge in [-0.05, 0) is 19.1 Å². The Kier molecular flexibility index (Phi) is 3.39. The molecule has 0 saturated carbocycles. The lowest BCUT2D eigenvalue weighted by Gasteiger charge is -2.10. The fourth-order valence-corrected chi connectivity index (χ4v) is 2.08. The van der Waals surface area contributed by atoms with E-state index in [1.54, 1.807) is 25.2 Å². The molecule has 1 unspecified atom stereocenters. The normalized spacial score (nSPS) is 15.6. The van der Waals surface area contributed by atoms with Gasteiger partial charge < -0.3 is 20.1 Å². The predicted molar refractivity (Wildman–Crippen MR) is 79.7 cm³/mol. The standard InChI is InChI=1S/C16H16N2O3/c1-10-3-5-11(6-4-10)15-20-13-8-7-12(9-14(13)21-15)18-16(19)17-2/h3-9,15H,1-2H3,(H2,17,18,19). The van der Waals surface area contributed by atoms with Gasteiger partial charge >= 0.3 is 6.03 Å². The fraction of sp³-hybridized carbons (Fsp3) is 0.188. The number of urea groups is 1. The van der Waals surface area contributed by atoms with Gasteiger partial charge in [-0.25, -0.2) is 4.79 Å². The molecule has 2 aromatic rings. The number of benzene rings is 2. The van der Waals surface area contributed by atoms with E-state index < -0.39 is 6.29 Å². The summed E-state index contributed by atoms with van der Waals surface area (Å²) in [4.78, 5) is 11.3. The van der Waals surface area contributed by atoms with E-state index in [-0.39, 0.29) is 6.03 Å². The molecular weight excluding hydrogens is 268 g/mol. The van der Waals surface area contributed by atoms with Crippen molar-refractivity contribution in [1.82, 2.24) is 5.32 Å². The van der Waals surface area contributed by atoms with E-state index in [1.165, 1.54) is 5.56 Å². The quantitative estimate of drug-likeness (QED) is 0.890. The summed E-state index contributed by atoms with van der Waals surface area (Å²) in [6.45, 7) is 2.03. The Hall–Kier alpha value is -2.69. The van der Waals surface area contributed by atoms with Gasteiger partial charge in [0, 0.05) is 24.4 Å². The topological polar surface area (TPSA) is 59.6 Å². The van der Waals surface area contributed by atoms with Crippen LogP contribution < -0.4 is 20.1 Å². The van der Waals surface area contributed by atoms with Gasteiger partial charge in [-0.1, -0.05) is 29.8 Å². The number of carbonyl (C=O) groups is 1. The van der Waals surface area contributed by atoms with Crippen molar-refractivity contribution in [2.24, 2.45) is 0 Å². The van der Waals surface area contributed by atoms with E-state index in [4.69, 9.17) is 9.47 Å². The van der Waals surface area contributed by atoms with Crippen molar-refractivity contribution in [3.8, 4) is 11.5 Å². The van der Waals surface area contributed by atoms with Crippen LogP contribution in [-0.2, 0) is 0 Å². The lowest BCUT2D eigenvalue weighted by molar-refractivity contribution is 0.0487. The summed E-state index contributed by atoms with van der Waals surface area (Å²) in [7, 11) is 1.57. The Bertz CT molecular complexity index is 668. The molecule has 0 aliphatic carbocycles. The number of hydrogen-bond acceptors (Lipinski definition) is 3. The predicted octanol–water partition coefficient (Wildman–Crippen LogP) is 3.22. The first kappa shape index (κ1) is 13.3. The third-order valence-corrected chi connectivity index (χ3v) is 3.25. The van der Waals surface area contributed by atoms with E-state index in [0.29, 0.717) is 17.2 Å². The number of aryl methyl sites for hydroxylation is 1. The summed E-state index contributed by atoms with van der Waals surface area (Å²) < 4.78 is 11.6. The molecule has 0 fully saturated rings. The molecule has 5 heteroatoms.